The first-order valence-corrected chi connectivity index (χ1v) is 7.84. The van der Waals surface area contributed by atoms with Gasteiger partial charge in [0.15, 0.2) is 0 Å². The van der Waals surface area contributed by atoms with E-state index in [1.807, 2.05) is 0 Å². The molecule has 0 amide bonds. The molecule has 0 aliphatic rings. The molecule has 0 fully saturated rings. The molecule has 0 aromatic rings. The van der Waals surface area contributed by atoms with Gasteiger partial charge in [-0.25, -0.2) is 0 Å². The Labute approximate surface area is 113 Å². The van der Waals surface area contributed by atoms with Gasteiger partial charge >= 0.3 is 0 Å². The molecule has 0 rings (SSSR count). The normalized spacial score (nSPS) is 15.6. The molecule has 0 aromatic heterocycles. The number of rotatable bonds is 10. The van der Waals surface area contributed by atoms with Gasteiger partial charge in [-0.1, -0.05) is 65.9 Å². The second-order valence-corrected chi connectivity index (χ2v) is 7.15. The van der Waals surface area contributed by atoms with Crippen LogP contribution in [0.1, 0.15) is 72.6 Å². The lowest BCUT2D eigenvalue weighted by molar-refractivity contribution is 0.270. The Morgan fingerprint density at radius 1 is 1.06 bits per heavy atom. The Hall–Kier alpha value is -0.0431. The van der Waals surface area contributed by atoms with Crippen molar-refractivity contribution >= 4 is 10.2 Å². The predicted molar refractivity (Wildman–Crippen MR) is 80.6 cm³/mol. The SMILES string of the molecule is C=CC(CCC)C(CCCCCC)C(C)(C)[Si]. The van der Waals surface area contributed by atoms with Gasteiger partial charge in [-0.15, -0.1) is 6.58 Å². The van der Waals surface area contributed by atoms with Crippen molar-refractivity contribution in [2.24, 2.45) is 11.8 Å². The number of allylic oxidation sites excluding steroid dienone is 1. The van der Waals surface area contributed by atoms with Crippen LogP contribution in [0.4, 0.5) is 0 Å². The van der Waals surface area contributed by atoms with Crippen LogP contribution in [0.5, 0.6) is 0 Å². The molecule has 17 heavy (non-hydrogen) atoms. The highest BCUT2D eigenvalue weighted by Crippen LogP contribution is 2.41. The quantitative estimate of drug-likeness (QED) is 0.271. The molecular formula is C16H31Si. The highest BCUT2D eigenvalue weighted by Gasteiger charge is 2.29. The summed E-state index contributed by atoms with van der Waals surface area (Å²) >= 11 is 0. The van der Waals surface area contributed by atoms with E-state index in [1.54, 1.807) is 0 Å². The Balaban J connectivity index is 4.36. The fraction of sp³-hybridized carbons (Fsp3) is 0.875. The van der Waals surface area contributed by atoms with Gasteiger partial charge in [0.25, 0.3) is 0 Å². The molecular weight excluding hydrogens is 220 g/mol. The average Bonchev–Trinajstić information content (AvgIpc) is 2.25. The maximum absolute atomic E-state index is 4.04. The highest BCUT2D eigenvalue weighted by molar-refractivity contribution is 6.14. The van der Waals surface area contributed by atoms with Crippen LogP contribution in [-0.2, 0) is 0 Å². The molecule has 0 aliphatic carbocycles. The molecule has 2 atom stereocenters. The Morgan fingerprint density at radius 3 is 2.12 bits per heavy atom. The van der Waals surface area contributed by atoms with Crippen molar-refractivity contribution in [3.8, 4) is 0 Å². The van der Waals surface area contributed by atoms with Gasteiger partial charge in [0.05, 0.1) is 0 Å². The topological polar surface area (TPSA) is 0 Å². The summed E-state index contributed by atoms with van der Waals surface area (Å²) in [6.45, 7) is 13.2. The first-order chi connectivity index (χ1) is 7.97. The van der Waals surface area contributed by atoms with Gasteiger partial charge in [-0.3, -0.25) is 0 Å². The van der Waals surface area contributed by atoms with Crippen molar-refractivity contribution in [3.05, 3.63) is 12.7 Å². The summed E-state index contributed by atoms with van der Waals surface area (Å²) in [7, 11) is 3.93. The van der Waals surface area contributed by atoms with Gasteiger partial charge in [-0.2, -0.15) is 0 Å². The van der Waals surface area contributed by atoms with Crippen LogP contribution in [0.25, 0.3) is 0 Å². The minimum Gasteiger partial charge on any atom is -0.103 e. The summed E-state index contributed by atoms with van der Waals surface area (Å²) in [5, 5.41) is 0.222. The summed E-state index contributed by atoms with van der Waals surface area (Å²) < 4.78 is 0. The van der Waals surface area contributed by atoms with Crippen molar-refractivity contribution in [2.45, 2.75) is 77.7 Å². The molecule has 0 spiro atoms. The third kappa shape index (κ3) is 7.08. The lowest BCUT2D eigenvalue weighted by Gasteiger charge is -2.36. The van der Waals surface area contributed by atoms with E-state index in [0.717, 1.165) is 0 Å². The van der Waals surface area contributed by atoms with Gasteiger partial charge in [0.1, 0.15) is 0 Å². The molecule has 0 saturated heterocycles. The molecule has 0 heterocycles. The first-order valence-electron chi connectivity index (χ1n) is 7.34. The average molecular weight is 252 g/mol. The second-order valence-electron chi connectivity index (χ2n) is 5.87. The van der Waals surface area contributed by atoms with Crippen LogP contribution in [0.2, 0.25) is 5.04 Å². The maximum atomic E-state index is 4.04. The molecule has 99 valence electrons. The first kappa shape index (κ1) is 17.0. The van der Waals surface area contributed by atoms with Gasteiger partial charge in [0.2, 0.25) is 0 Å². The van der Waals surface area contributed by atoms with Crippen LogP contribution in [0.3, 0.4) is 0 Å². The van der Waals surface area contributed by atoms with E-state index in [4.69, 9.17) is 0 Å². The molecule has 0 saturated carbocycles. The lowest BCUT2D eigenvalue weighted by atomic mass is 9.77. The van der Waals surface area contributed by atoms with E-state index in [2.05, 4.69) is 50.6 Å². The fourth-order valence-electron chi connectivity index (χ4n) is 2.72. The molecule has 0 aliphatic heterocycles. The summed E-state index contributed by atoms with van der Waals surface area (Å²) in [6, 6.07) is 0. The minimum atomic E-state index is 0.222. The highest BCUT2D eigenvalue weighted by atomic mass is 28.1. The Morgan fingerprint density at radius 2 is 1.71 bits per heavy atom. The van der Waals surface area contributed by atoms with E-state index in [-0.39, 0.29) is 5.04 Å². The summed E-state index contributed by atoms with van der Waals surface area (Å²) in [6.07, 6.45) is 11.5. The third-order valence-electron chi connectivity index (χ3n) is 3.74. The van der Waals surface area contributed by atoms with Crippen LogP contribution < -0.4 is 0 Å². The van der Waals surface area contributed by atoms with E-state index < -0.39 is 0 Å². The molecule has 0 nitrogen and oxygen atoms in total. The fourth-order valence-corrected chi connectivity index (χ4v) is 3.08. The van der Waals surface area contributed by atoms with Crippen molar-refractivity contribution in [1.82, 2.24) is 0 Å². The summed E-state index contributed by atoms with van der Waals surface area (Å²) in [5.41, 5.74) is 0. The third-order valence-corrected chi connectivity index (χ3v) is 4.11. The Kier molecular flexibility index (Phi) is 8.94. The van der Waals surface area contributed by atoms with Crippen LogP contribution >= 0.6 is 0 Å². The van der Waals surface area contributed by atoms with E-state index >= 15 is 0 Å². The van der Waals surface area contributed by atoms with Gasteiger partial charge in [-0.05, 0) is 29.7 Å². The second kappa shape index (κ2) is 8.96. The van der Waals surface area contributed by atoms with Crippen molar-refractivity contribution in [1.29, 1.82) is 0 Å². The molecule has 1 heteroatoms. The van der Waals surface area contributed by atoms with Crippen molar-refractivity contribution in [3.63, 3.8) is 0 Å². The monoisotopic (exact) mass is 251 g/mol. The van der Waals surface area contributed by atoms with Gasteiger partial charge in [0, 0.05) is 10.2 Å². The summed E-state index contributed by atoms with van der Waals surface area (Å²) in [4.78, 5) is 0. The van der Waals surface area contributed by atoms with Crippen LogP contribution in [0.15, 0.2) is 12.7 Å². The van der Waals surface area contributed by atoms with Gasteiger partial charge < -0.3 is 0 Å². The zero-order chi connectivity index (χ0) is 13.3. The smallest absolute Gasteiger partial charge is 0.0309 e. The minimum absolute atomic E-state index is 0.222. The largest absolute Gasteiger partial charge is 0.103 e. The van der Waals surface area contributed by atoms with Crippen LogP contribution in [0, 0.1) is 11.8 Å². The van der Waals surface area contributed by atoms with E-state index in [1.165, 1.54) is 44.9 Å². The number of unbranched alkanes of at least 4 members (excludes halogenated alkanes) is 3. The molecule has 0 aromatic carbocycles. The molecule has 3 radical (unpaired) electrons. The predicted octanol–water partition coefficient (Wildman–Crippen LogP) is 5.54. The zero-order valence-corrected chi connectivity index (χ0v) is 13.4. The van der Waals surface area contributed by atoms with E-state index in [9.17, 15) is 0 Å². The lowest BCUT2D eigenvalue weighted by Crippen LogP contribution is -2.25. The van der Waals surface area contributed by atoms with Crippen LogP contribution in [-0.4, -0.2) is 10.2 Å². The zero-order valence-electron chi connectivity index (χ0n) is 12.4. The standard InChI is InChI=1S/C16H31Si/c1-6-9-10-11-13-15(16(4,5)17)14(8-3)12-7-2/h8,14-15H,3,6-7,9-13H2,1-2,4-5H3. The summed E-state index contributed by atoms with van der Waals surface area (Å²) in [5.74, 6) is 1.38. The molecule has 2 unspecified atom stereocenters. The number of hydrogen-bond acceptors (Lipinski definition) is 0. The number of hydrogen-bond donors (Lipinski definition) is 0. The molecule has 0 N–H and O–H groups in total. The maximum Gasteiger partial charge on any atom is 0.0309 e. The molecule has 0 bridgehead atoms. The van der Waals surface area contributed by atoms with E-state index in [0.29, 0.717) is 11.8 Å². The van der Waals surface area contributed by atoms with Crippen molar-refractivity contribution in [2.75, 3.05) is 0 Å². The Bertz CT molecular complexity index is 190. The van der Waals surface area contributed by atoms with Crippen molar-refractivity contribution < 1.29 is 0 Å².